The maximum Gasteiger partial charge on any atom is 0.258 e. The fourth-order valence-corrected chi connectivity index (χ4v) is 2.79. The van der Waals surface area contributed by atoms with Crippen LogP contribution in [0.2, 0.25) is 0 Å². The summed E-state index contributed by atoms with van der Waals surface area (Å²) < 4.78 is 7.53. The van der Waals surface area contributed by atoms with E-state index in [0.717, 1.165) is 16.9 Å². The number of imidazole rings is 1. The van der Waals surface area contributed by atoms with Crippen molar-refractivity contribution >= 4 is 22.7 Å². The van der Waals surface area contributed by atoms with E-state index in [1.165, 1.54) is 6.92 Å². The second-order valence-corrected chi connectivity index (χ2v) is 6.02. The first-order chi connectivity index (χ1) is 12.5. The van der Waals surface area contributed by atoms with Gasteiger partial charge in [-0.1, -0.05) is 24.3 Å². The molecule has 0 spiro atoms. The summed E-state index contributed by atoms with van der Waals surface area (Å²) in [5, 5.41) is 2.84. The van der Waals surface area contributed by atoms with Gasteiger partial charge in [0.25, 0.3) is 5.91 Å². The van der Waals surface area contributed by atoms with Gasteiger partial charge in [0, 0.05) is 18.7 Å². The van der Waals surface area contributed by atoms with Gasteiger partial charge in [0.1, 0.15) is 11.6 Å². The van der Waals surface area contributed by atoms with E-state index >= 15 is 0 Å². The van der Waals surface area contributed by atoms with Gasteiger partial charge in [-0.15, -0.1) is 0 Å². The number of Topliss-reactive ketones (excluding diaryl/α,β-unsaturated/α-hetero) is 1. The topological polar surface area (TPSA) is 73.2 Å². The van der Waals surface area contributed by atoms with Gasteiger partial charge in [-0.2, -0.15) is 0 Å². The van der Waals surface area contributed by atoms with Gasteiger partial charge in [-0.25, -0.2) is 4.98 Å². The lowest BCUT2D eigenvalue weighted by atomic mass is 10.1. The second kappa shape index (κ2) is 7.82. The largest absolute Gasteiger partial charge is 0.484 e. The fraction of sp³-hybridized carbons (Fsp3) is 0.250. The summed E-state index contributed by atoms with van der Waals surface area (Å²) in [6, 6.07) is 14.7. The van der Waals surface area contributed by atoms with Crippen LogP contribution in [0.4, 0.5) is 0 Å². The third kappa shape index (κ3) is 4.08. The van der Waals surface area contributed by atoms with Gasteiger partial charge >= 0.3 is 0 Å². The Morgan fingerprint density at radius 3 is 2.77 bits per heavy atom. The molecular formula is C20H21N3O3. The summed E-state index contributed by atoms with van der Waals surface area (Å²) >= 11 is 0. The highest BCUT2D eigenvalue weighted by atomic mass is 16.5. The van der Waals surface area contributed by atoms with Crippen molar-refractivity contribution in [3.05, 3.63) is 59.9 Å². The number of carbonyl (C=O) groups is 2. The standard InChI is InChI=1S/C20H21N3O3/c1-14(24)16-6-5-7-17(12-16)26-13-20(25)21-10-11-23-15(2)22-18-8-3-4-9-19(18)23/h3-9,12H,10-11,13H2,1-2H3,(H,21,25). The predicted octanol–water partition coefficient (Wildman–Crippen LogP) is 2.74. The van der Waals surface area contributed by atoms with Gasteiger partial charge in [0.05, 0.1) is 11.0 Å². The number of amides is 1. The van der Waals surface area contributed by atoms with Gasteiger partial charge in [0.15, 0.2) is 12.4 Å². The zero-order valence-corrected chi connectivity index (χ0v) is 14.9. The third-order valence-corrected chi connectivity index (χ3v) is 4.11. The molecule has 134 valence electrons. The lowest BCUT2D eigenvalue weighted by Crippen LogP contribution is -2.31. The molecule has 1 aromatic heterocycles. The Morgan fingerprint density at radius 1 is 1.15 bits per heavy atom. The lowest BCUT2D eigenvalue weighted by Gasteiger charge is -2.10. The molecule has 0 radical (unpaired) electrons. The number of fused-ring (bicyclic) bond motifs is 1. The van der Waals surface area contributed by atoms with Crippen LogP contribution in [0.15, 0.2) is 48.5 Å². The molecule has 0 aliphatic heterocycles. The lowest BCUT2D eigenvalue weighted by molar-refractivity contribution is -0.123. The Bertz CT molecular complexity index is 946. The van der Waals surface area contributed by atoms with Crippen LogP contribution in [0.25, 0.3) is 11.0 Å². The number of rotatable bonds is 7. The maximum absolute atomic E-state index is 12.0. The number of hydrogen-bond acceptors (Lipinski definition) is 4. The summed E-state index contributed by atoms with van der Waals surface area (Å²) in [7, 11) is 0. The molecule has 1 amide bonds. The minimum Gasteiger partial charge on any atom is -0.484 e. The van der Waals surface area contributed by atoms with E-state index in [-0.39, 0.29) is 18.3 Å². The van der Waals surface area contributed by atoms with Crippen molar-refractivity contribution in [1.29, 1.82) is 0 Å². The first-order valence-electron chi connectivity index (χ1n) is 8.47. The molecule has 0 saturated carbocycles. The van der Waals surface area contributed by atoms with Crippen molar-refractivity contribution in [1.82, 2.24) is 14.9 Å². The van der Waals surface area contributed by atoms with Crippen molar-refractivity contribution in [2.45, 2.75) is 20.4 Å². The molecule has 0 unspecified atom stereocenters. The summed E-state index contributed by atoms with van der Waals surface area (Å²) in [6.45, 7) is 4.47. The maximum atomic E-state index is 12.0. The fourth-order valence-electron chi connectivity index (χ4n) is 2.79. The van der Waals surface area contributed by atoms with Crippen molar-refractivity contribution in [3.8, 4) is 5.75 Å². The van der Waals surface area contributed by atoms with E-state index in [2.05, 4.69) is 14.9 Å². The monoisotopic (exact) mass is 351 g/mol. The van der Waals surface area contributed by atoms with Crippen LogP contribution < -0.4 is 10.1 Å². The van der Waals surface area contributed by atoms with Crippen LogP contribution in [0.1, 0.15) is 23.1 Å². The number of hydrogen-bond donors (Lipinski definition) is 1. The first-order valence-corrected chi connectivity index (χ1v) is 8.47. The van der Waals surface area contributed by atoms with E-state index < -0.39 is 0 Å². The average molecular weight is 351 g/mol. The summed E-state index contributed by atoms with van der Waals surface area (Å²) in [6.07, 6.45) is 0. The number of nitrogens with one attached hydrogen (secondary N) is 1. The summed E-state index contributed by atoms with van der Waals surface area (Å²) in [4.78, 5) is 27.9. The van der Waals surface area contributed by atoms with E-state index in [1.807, 2.05) is 31.2 Å². The molecule has 0 atom stereocenters. The predicted molar refractivity (Wildman–Crippen MR) is 99.4 cm³/mol. The molecule has 3 rings (SSSR count). The molecule has 0 bridgehead atoms. The molecular weight excluding hydrogens is 330 g/mol. The van der Waals surface area contributed by atoms with Crippen molar-refractivity contribution < 1.29 is 14.3 Å². The highest BCUT2D eigenvalue weighted by molar-refractivity contribution is 5.94. The van der Waals surface area contributed by atoms with E-state index in [9.17, 15) is 9.59 Å². The molecule has 0 aliphatic rings. The Labute approximate surface area is 151 Å². The van der Waals surface area contributed by atoms with Gasteiger partial charge in [-0.05, 0) is 38.1 Å². The van der Waals surface area contributed by atoms with E-state index in [1.54, 1.807) is 24.3 Å². The van der Waals surface area contributed by atoms with Crippen LogP contribution in [-0.4, -0.2) is 34.4 Å². The number of ether oxygens (including phenoxy) is 1. The second-order valence-electron chi connectivity index (χ2n) is 6.02. The highest BCUT2D eigenvalue weighted by Gasteiger charge is 2.08. The normalized spacial score (nSPS) is 10.7. The van der Waals surface area contributed by atoms with Crippen molar-refractivity contribution in [3.63, 3.8) is 0 Å². The summed E-state index contributed by atoms with van der Waals surface area (Å²) in [5.41, 5.74) is 2.56. The van der Waals surface area contributed by atoms with Gasteiger partial charge < -0.3 is 14.6 Å². The SMILES string of the molecule is CC(=O)c1cccc(OCC(=O)NCCn2c(C)nc3ccccc32)c1. The van der Waals surface area contributed by atoms with Crippen molar-refractivity contribution in [2.75, 3.05) is 13.2 Å². The first kappa shape index (κ1) is 17.7. The summed E-state index contributed by atoms with van der Waals surface area (Å²) in [5.74, 6) is 1.17. The van der Waals surface area contributed by atoms with E-state index in [0.29, 0.717) is 24.4 Å². The van der Waals surface area contributed by atoms with Crippen LogP contribution >= 0.6 is 0 Å². The highest BCUT2D eigenvalue weighted by Crippen LogP contribution is 2.15. The number of para-hydroxylation sites is 2. The van der Waals surface area contributed by atoms with Crippen molar-refractivity contribution in [2.24, 2.45) is 0 Å². The minimum atomic E-state index is -0.208. The minimum absolute atomic E-state index is 0.0390. The smallest absolute Gasteiger partial charge is 0.258 e. The third-order valence-electron chi connectivity index (χ3n) is 4.11. The Hall–Kier alpha value is -3.15. The number of nitrogens with zero attached hydrogens (tertiary/aromatic N) is 2. The van der Waals surface area contributed by atoms with Crippen LogP contribution in [0, 0.1) is 6.92 Å². The number of benzene rings is 2. The van der Waals surface area contributed by atoms with Gasteiger partial charge in [-0.3, -0.25) is 9.59 Å². The average Bonchev–Trinajstić information content (AvgIpc) is 2.96. The molecule has 1 N–H and O–H groups in total. The Balaban J connectivity index is 1.51. The zero-order chi connectivity index (χ0) is 18.5. The zero-order valence-electron chi connectivity index (χ0n) is 14.9. The Kier molecular flexibility index (Phi) is 5.31. The molecule has 3 aromatic rings. The number of aromatic nitrogens is 2. The molecule has 2 aromatic carbocycles. The van der Waals surface area contributed by atoms with Crippen LogP contribution in [-0.2, 0) is 11.3 Å². The molecule has 26 heavy (non-hydrogen) atoms. The van der Waals surface area contributed by atoms with E-state index in [4.69, 9.17) is 4.74 Å². The number of aryl methyl sites for hydroxylation is 1. The molecule has 0 aliphatic carbocycles. The molecule has 0 saturated heterocycles. The van der Waals surface area contributed by atoms with Gasteiger partial charge in [0.2, 0.25) is 0 Å². The quantitative estimate of drug-likeness (QED) is 0.664. The molecule has 1 heterocycles. The molecule has 6 nitrogen and oxygen atoms in total. The van der Waals surface area contributed by atoms with Crippen LogP contribution in [0.3, 0.4) is 0 Å². The number of carbonyl (C=O) groups excluding carboxylic acids is 2. The Morgan fingerprint density at radius 2 is 1.96 bits per heavy atom. The molecule has 6 heteroatoms. The number of ketones is 1. The molecule has 0 fully saturated rings. The van der Waals surface area contributed by atoms with Crippen LogP contribution in [0.5, 0.6) is 5.75 Å².